The molecule has 0 aliphatic carbocycles. The van der Waals surface area contributed by atoms with Crippen molar-refractivity contribution < 1.29 is 13.9 Å². The molecule has 5 nitrogen and oxygen atoms in total. The molecule has 1 amide bonds. The van der Waals surface area contributed by atoms with Crippen LogP contribution < -0.4 is 9.64 Å². The van der Waals surface area contributed by atoms with Crippen LogP contribution in [0.2, 0.25) is 0 Å². The number of aromatic nitrogens is 1. The van der Waals surface area contributed by atoms with Crippen molar-refractivity contribution in [3.8, 4) is 5.75 Å². The van der Waals surface area contributed by atoms with Gasteiger partial charge in [-0.15, -0.1) is 0 Å². The van der Waals surface area contributed by atoms with Gasteiger partial charge in [-0.3, -0.25) is 9.69 Å². The van der Waals surface area contributed by atoms with Crippen LogP contribution in [0.25, 0.3) is 10.2 Å². The van der Waals surface area contributed by atoms with Crippen molar-refractivity contribution in [1.29, 1.82) is 0 Å². The van der Waals surface area contributed by atoms with Crippen molar-refractivity contribution in [2.75, 3.05) is 12.0 Å². The molecule has 4 rings (SSSR count). The van der Waals surface area contributed by atoms with Gasteiger partial charge < -0.3 is 9.15 Å². The van der Waals surface area contributed by atoms with Crippen LogP contribution in [-0.2, 0) is 6.54 Å². The molecule has 0 radical (unpaired) electrons. The molecule has 0 saturated carbocycles. The fraction of sp³-hybridized carbons (Fsp3) is 0.182. The summed E-state index contributed by atoms with van der Waals surface area (Å²) in [7, 11) is 1.60. The lowest BCUT2D eigenvalue weighted by Crippen LogP contribution is -2.30. The van der Waals surface area contributed by atoms with E-state index in [9.17, 15) is 4.79 Å². The Morgan fingerprint density at radius 2 is 1.96 bits per heavy atom. The fourth-order valence-electron chi connectivity index (χ4n) is 3.15. The SMILES string of the molecule is COc1ccc(C(=O)N(Cc2ccco2)c2nc3c(C)cc(C)cc3s2)cc1. The number of amides is 1. The van der Waals surface area contributed by atoms with Gasteiger partial charge in [0.05, 0.1) is 30.1 Å². The zero-order valence-corrected chi connectivity index (χ0v) is 16.7. The van der Waals surface area contributed by atoms with Gasteiger partial charge in [-0.25, -0.2) is 4.98 Å². The maximum absolute atomic E-state index is 13.3. The molecule has 4 aromatic rings. The number of anilines is 1. The zero-order valence-electron chi connectivity index (χ0n) is 15.9. The molecule has 28 heavy (non-hydrogen) atoms. The van der Waals surface area contributed by atoms with Crippen LogP contribution in [0.15, 0.2) is 59.2 Å². The van der Waals surface area contributed by atoms with Crippen molar-refractivity contribution >= 4 is 32.6 Å². The van der Waals surface area contributed by atoms with E-state index >= 15 is 0 Å². The minimum Gasteiger partial charge on any atom is -0.497 e. The standard InChI is InChI=1S/C22H20N2O3S/c1-14-11-15(2)20-19(12-14)28-22(23-20)24(13-18-5-4-10-27-18)21(25)16-6-8-17(26-3)9-7-16/h4-12H,13H2,1-3H3. The highest BCUT2D eigenvalue weighted by Gasteiger charge is 2.23. The number of thiazole rings is 1. The van der Waals surface area contributed by atoms with Crippen molar-refractivity contribution in [2.45, 2.75) is 20.4 Å². The maximum atomic E-state index is 13.3. The average molecular weight is 392 g/mol. The molecule has 2 heterocycles. The van der Waals surface area contributed by atoms with E-state index in [1.165, 1.54) is 16.9 Å². The lowest BCUT2D eigenvalue weighted by molar-refractivity contribution is 0.0983. The molecule has 0 aliphatic rings. The van der Waals surface area contributed by atoms with Crippen LogP contribution in [0.3, 0.4) is 0 Å². The summed E-state index contributed by atoms with van der Waals surface area (Å²) < 4.78 is 11.8. The molecule has 0 bridgehead atoms. The zero-order chi connectivity index (χ0) is 19.7. The van der Waals surface area contributed by atoms with Gasteiger partial charge in [0.2, 0.25) is 0 Å². The van der Waals surface area contributed by atoms with Crippen molar-refractivity contribution in [3.63, 3.8) is 0 Å². The monoisotopic (exact) mass is 392 g/mol. The Kier molecular flexibility index (Phi) is 4.88. The van der Waals surface area contributed by atoms with Gasteiger partial charge in [-0.2, -0.15) is 0 Å². The van der Waals surface area contributed by atoms with Gasteiger partial charge in [0.15, 0.2) is 5.13 Å². The summed E-state index contributed by atoms with van der Waals surface area (Å²) in [6.45, 7) is 4.42. The highest BCUT2D eigenvalue weighted by atomic mass is 32.1. The number of rotatable bonds is 5. The molecule has 0 aliphatic heterocycles. The molecule has 2 aromatic carbocycles. The molecular formula is C22H20N2O3S. The number of fused-ring (bicyclic) bond motifs is 1. The summed E-state index contributed by atoms with van der Waals surface area (Å²) >= 11 is 1.51. The second kappa shape index (κ2) is 7.48. The number of carbonyl (C=O) groups is 1. The van der Waals surface area contributed by atoms with E-state index < -0.39 is 0 Å². The molecule has 142 valence electrons. The quantitative estimate of drug-likeness (QED) is 0.459. The second-order valence-electron chi connectivity index (χ2n) is 6.62. The number of hydrogen-bond acceptors (Lipinski definition) is 5. The van der Waals surface area contributed by atoms with E-state index in [4.69, 9.17) is 14.1 Å². The van der Waals surface area contributed by atoms with E-state index in [1.807, 2.05) is 19.1 Å². The van der Waals surface area contributed by atoms with Gasteiger partial charge >= 0.3 is 0 Å². The summed E-state index contributed by atoms with van der Waals surface area (Å²) in [6.07, 6.45) is 1.61. The molecule has 0 unspecified atom stereocenters. The lowest BCUT2D eigenvalue weighted by atomic mass is 10.1. The third-order valence-electron chi connectivity index (χ3n) is 4.53. The molecular weight excluding hydrogens is 372 g/mol. The topological polar surface area (TPSA) is 55.6 Å². The summed E-state index contributed by atoms with van der Waals surface area (Å²) in [5.74, 6) is 1.28. The Hall–Kier alpha value is -3.12. The van der Waals surface area contributed by atoms with Crippen LogP contribution in [0, 0.1) is 13.8 Å². The van der Waals surface area contributed by atoms with Crippen LogP contribution in [0.5, 0.6) is 5.75 Å². The number of benzene rings is 2. The van der Waals surface area contributed by atoms with Crippen LogP contribution in [0.4, 0.5) is 5.13 Å². The molecule has 0 spiro atoms. The Balaban J connectivity index is 1.76. The third kappa shape index (κ3) is 3.51. The summed E-state index contributed by atoms with van der Waals surface area (Å²) in [5, 5.41) is 0.654. The Labute approximate surface area is 167 Å². The summed E-state index contributed by atoms with van der Waals surface area (Å²) in [5.41, 5.74) is 3.78. The van der Waals surface area contributed by atoms with Crippen LogP contribution in [-0.4, -0.2) is 18.0 Å². The Morgan fingerprint density at radius 3 is 2.64 bits per heavy atom. The Bertz CT molecular complexity index is 1110. The first-order valence-corrected chi connectivity index (χ1v) is 9.73. The fourth-order valence-corrected chi connectivity index (χ4v) is 4.29. The highest BCUT2D eigenvalue weighted by molar-refractivity contribution is 7.22. The van der Waals surface area contributed by atoms with E-state index in [1.54, 1.807) is 42.5 Å². The minimum absolute atomic E-state index is 0.132. The van der Waals surface area contributed by atoms with Crippen LogP contribution in [0.1, 0.15) is 27.2 Å². The van der Waals surface area contributed by atoms with Gasteiger partial charge in [-0.05, 0) is 67.4 Å². The molecule has 0 N–H and O–H groups in total. The predicted octanol–water partition coefficient (Wildman–Crippen LogP) is 5.36. The van der Waals surface area contributed by atoms with E-state index in [0.717, 1.165) is 15.8 Å². The number of carbonyl (C=O) groups excluding carboxylic acids is 1. The minimum atomic E-state index is -0.132. The van der Waals surface area contributed by atoms with Gasteiger partial charge in [0, 0.05) is 5.56 Å². The van der Waals surface area contributed by atoms with Crippen molar-refractivity contribution in [3.05, 3.63) is 77.2 Å². The molecule has 0 saturated heterocycles. The normalized spacial score (nSPS) is 11.0. The molecule has 6 heteroatoms. The van der Waals surface area contributed by atoms with Crippen molar-refractivity contribution in [2.24, 2.45) is 0 Å². The largest absolute Gasteiger partial charge is 0.497 e. The van der Waals surface area contributed by atoms with Gasteiger partial charge in [-0.1, -0.05) is 17.4 Å². The first-order chi connectivity index (χ1) is 13.5. The average Bonchev–Trinajstić information content (AvgIpc) is 3.35. The third-order valence-corrected chi connectivity index (χ3v) is 5.55. The van der Waals surface area contributed by atoms with Gasteiger partial charge in [0.1, 0.15) is 11.5 Å². The number of methoxy groups -OCH3 is 1. The lowest BCUT2D eigenvalue weighted by Gasteiger charge is -2.19. The first-order valence-electron chi connectivity index (χ1n) is 8.91. The van der Waals surface area contributed by atoms with Crippen molar-refractivity contribution in [1.82, 2.24) is 4.98 Å². The van der Waals surface area contributed by atoms with Gasteiger partial charge in [0.25, 0.3) is 5.91 Å². The number of furan rings is 1. The number of ether oxygens (including phenoxy) is 1. The highest BCUT2D eigenvalue weighted by Crippen LogP contribution is 2.33. The van der Waals surface area contributed by atoms with Crippen LogP contribution >= 0.6 is 11.3 Å². The van der Waals surface area contributed by atoms with E-state index in [-0.39, 0.29) is 5.91 Å². The number of hydrogen-bond donors (Lipinski definition) is 0. The molecule has 0 atom stereocenters. The maximum Gasteiger partial charge on any atom is 0.260 e. The molecule has 0 fully saturated rings. The number of nitrogens with zero attached hydrogens (tertiary/aromatic N) is 2. The predicted molar refractivity (Wildman–Crippen MR) is 111 cm³/mol. The molecule has 2 aromatic heterocycles. The van der Waals surface area contributed by atoms with E-state index in [0.29, 0.717) is 28.7 Å². The summed E-state index contributed by atoms with van der Waals surface area (Å²) in [6, 6.07) is 15.0. The first kappa shape index (κ1) is 18.3. The second-order valence-corrected chi connectivity index (χ2v) is 7.63. The summed E-state index contributed by atoms with van der Waals surface area (Å²) in [4.78, 5) is 19.7. The Morgan fingerprint density at radius 1 is 1.18 bits per heavy atom. The number of aryl methyl sites for hydroxylation is 2. The smallest absolute Gasteiger partial charge is 0.260 e. The van der Waals surface area contributed by atoms with E-state index in [2.05, 4.69) is 19.1 Å².